The van der Waals surface area contributed by atoms with Gasteiger partial charge in [-0.15, -0.1) is 12.4 Å². The van der Waals surface area contributed by atoms with Crippen molar-refractivity contribution < 1.29 is 4.79 Å². The highest BCUT2D eigenvalue weighted by atomic mass is 35.5. The molecule has 3 aromatic rings. The van der Waals surface area contributed by atoms with Gasteiger partial charge in [0.05, 0.1) is 11.9 Å². The second-order valence-corrected chi connectivity index (χ2v) is 6.87. The lowest BCUT2D eigenvalue weighted by Crippen LogP contribution is -2.32. The fraction of sp³-hybridized carbons (Fsp3) is 0.350. The summed E-state index contributed by atoms with van der Waals surface area (Å²) in [5.41, 5.74) is 4.08. The molecule has 0 aliphatic carbocycles. The average molecular weight is 401 g/mol. The molecular weight excluding hydrogens is 376 g/mol. The summed E-state index contributed by atoms with van der Waals surface area (Å²) >= 11 is 0. The lowest BCUT2D eigenvalue weighted by atomic mass is 9.96. The molecule has 0 spiro atoms. The fourth-order valence-corrected chi connectivity index (χ4v) is 3.61. The summed E-state index contributed by atoms with van der Waals surface area (Å²) in [6.07, 6.45) is 5.83. The lowest BCUT2D eigenvalue weighted by Gasteiger charge is -2.23. The van der Waals surface area contributed by atoms with Gasteiger partial charge in [0.25, 0.3) is 0 Å². The molecule has 1 atom stereocenters. The lowest BCUT2D eigenvalue weighted by molar-refractivity contribution is -0.122. The normalized spacial score (nSPS) is 16.4. The van der Waals surface area contributed by atoms with Crippen LogP contribution in [0.4, 0.5) is 0 Å². The first kappa shape index (κ1) is 20.1. The molecule has 28 heavy (non-hydrogen) atoms. The zero-order chi connectivity index (χ0) is 18.5. The Morgan fingerprint density at radius 2 is 2.11 bits per heavy atom. The summed E-state index contributed by atoms with van der Waals surface area (Å²) in [5, 5.41) is 17.9. The number of amides is 1. The Morgan fingerprint density at radius 1 is 1.25 bits per heavy atom. The number of halogens is 1. The molecule has 1 unspecified atom stereocenters. The summed E-state index contributed by atoms with van der Waals surface area (Å²) in [7, 11) is 0. The van der Waals surface area contributed by atoms with Crippen molar-refractivity contribution in [1.82, 2.24) is 30.6 Å². The Bertz CT molecular complexity index is 885. The van der Waals surface area contributed by atoms with Crippen LogP contribution in [0.25, 0.3) is 11.3 Å². The van der Waals surface area contributed by atoms with Crippen LogP contribution in [0.3, 0.4) is 0 Å². The number of aromatic amines is 1. The van der Waals surface area contributed by atoms with Crippen molar-refractivity contribution in [3.63, 3.8) is 0 Å². The third-order valence-electron chi connectivity index (χ3n) is 5.01. The molecule has 3 heterocycles. The van der Waals surface area contributed by atoms with Crippen LogP contribution in [0.1, 0.15) is 30.0 Å². The van der Waals surface area contributed by atoms with Gasteiger partial charge in [-0.2, -0.15) is 10.2 Å². The molecule has 7 nitrogen and oxygen atoms in total. The highest BCUT2D eigenvalue weighted by Crippen LogP contribution is 2.23. The van der Waals surface area contributed by atoms with Gasteiger partial charge in [0.15, 0.2) is 0 Å². The minimum Gasteiger partial charge on any atom is -0.350 e. The standard InChI is InChI=1S/C20H24N6O.ClH/c27-19(14-26-18(8-10-24-26)16-7-4-9-21-11-16)22-12-17-13-23-25-20(17)15-5-2-1-3-6-15;/h1-3,5-6,8,10,13,16,21H,4,7,9,11-12,14H2,(H,22,27)(H,23,25);1H. The quantitative estimate of drug-likeness (QED) is 0.593. The Labute approximate surface area is 170 Å². The summed E-state index contributed by atoms with van der Waals surface area (Å²) < 4.78 is 1.82. The van der Waals surface area contributed by atoms with Crippen molar-refractivity contribution in [2.24, 2.45) is 0 Å². The molecule has 2 aromatic heterocycles. The van der Waals surface area contributed by atoms with Crippen LogP contribution >= 0.6 is 12.4 Å². The number of aromatic nitrogens is 4. The fourth-order valence-electron chi connectivity index (χ4n) is 3.61. The Morgan fingerprint density at radius 3 is 2.89 bits per heavy atom. The van der Waals surface area contributed by atoms with Crippen molar-refractivity contribution in [3.05, 3.63) is 60.0 Å². The second-order valence-electron chi connectivity index (χ2n) is 6.87. The molecule has 1 aliphatic rings. The molecule has 4 rings (SSSR count). The van der Waals surface area contributed by atoms with Crippen LogP contribution in [0, 0.1) is 0 Å². The van der Waals surface area contributed by atoms with Gasteiger partial charge in [-0.25, -0.2) is 0 Å². The molecule has 1 aromatic carbocycles. The van der Waals surface area contributed by atoms with Gasteiger partial charge in [0.1, 0.15) is 6.54 Å². The Hall–Kier alpha value is -2.64. The van der Waals surface area contributed by atoms with Gasteiger partial charge in [0.2, 0.25) is 5.91 Å². The minimum atomic E-state index is -0.0519. The van der Waals surface area contributed by atoms with Gasteiger partial charge in [0, 0.05) is 36.5 Å². The van der Waals surface area contributed by atoms with E-state index in [1.54, 1.807) is 12.4 Å². The molecule has 8 heteroatoms. The molecule has 1 saturated heterocycles. The number of nitrogens with zero attached hydrogens (tertiary/aromatic N) is 3. The van der Waals surface area contributed by atoms with E-state index in [-0.39, 0.29) is 24.9 Å². The minimum absolute atomic E-state index is 0. The Kier molecular flexibility index (Phi) is 6.84. The van der Waals surface area contributed by atoms with Crippen molar-refractivity contribution in [1.29, 1.82) is 0 Å². The first-order chi connectivity index (χ1) is 13.3. The molecule has 3 N–H and O–H groups in total. The summed E-state index contributed by atoms with van der Waals surface area (Å²) in [6.45, 7) is 2.68. The van der Waals surface area contributed by atoms with Gasteiger partial charge in [-0.3, -0.25) is 14.6 Å². The SMILES string of the molecule is Cl.O=C(Cn1nccc1C1CCCNC1)NCc1cn[nH]c1-c1ccccc1. The van der Waals surface area contributed by atoms with Crippen LogP contribution in [-0.4, -0.2) is 39.0 Å². The van der Waals surface area contributed by atoms with Crippen LogP contribution in [0.15, 0.2) is 48.8 Å². The second kappa shape index (κ2) is 9.52. The number of nitrogens with one attached hydrogen (secondary N) is 3. The van der Waals surface area contributed by atoms with Gasteiger partial charge in [-0.05, 0) is 31.0 Å². The molecule has 1 aliphatic heterocycles. The Balaban J connectivity index is 0.00000225. The van der Waals surface area contributed by atoms with E-state index in [1.807, 2.05) is 41.1 Å². The van der Waals surface area contributed by atoms with Crippen LogP contribution in [0.2, 0.25) is 0 Å². The summed E-state index contributed by atoms with van der Waals surface area (Å²) in [6, 6.07) is 12.0. The van der Waals surface area contributed by atoms with Crippen molar-refractivity contribution >= 4 is 18.3 Å². The van der Waals surface area contributed by atoms with E-state index in [0.29, 0.717) is 12.5 Å². The first-order valence-electron chi connectivity index (χ1n) is 9.38. The molecule has 0 saturated carbocycles. The number of carbonyl (C=O) groups is 1. The molecule has 1 amide bonds. The van der Waals surface area contributed by atoms with E-state index in [2.05, 4.69) is 25.9 Å². The maximum absolute atomic E-state index is 12.5. The number of rotatable bonds is 6. The topological polar surface area (TPSA) is 87.6 Å². The zero-order valence-electron chi connectivity index (χ0n) is 15.6. The predicted molar refractivity (Wildman–Crippen MR) is 110 cm³/mol. The number of hydrogen-bond donors (Lipinski definition) is 3. The number of hydrogen-bond acceptors (Lipinski definition) is 4. The van der Waals surface area contributed by atoms with E-state index < -0.39 is 0 Å². The first-order valence-corrected chi connectivity index (χ1v) is 9.38. The smallest absolute Gasteiger partial charge is 0.242 e. The summed E-state index contributed by atoms with van der Waals surface area (Å²) in [4.78, 5) is 12.5. The van der Waals surface area contributed by atoms with Crippen molar-refractivity contribution in [2.75, 3.05) is 13.1 Å². The molecule has 0 bridgehead atoms. The average Bonchev–Trinajstić information content (AvgIpc) is 3.37. The van der Waals surface area contributed by atoms with Gasteiger partial charge in [-0.1, -0.05) is 30.3 Å². The molecular formula is C20H25ClN6O. The van der Waals surface area contributed by atoms with E-state index >= 15 is 0 Å². The monoisotopic (exact) mass is 400 g/mol. The number of benzene rings is 1. The predicted octanol–water partition coefficient (Wildman–Crippen LogP) is 2.48. The maximum atomic E-state index is 12.5. The van der Waals surface area contributed by atoms with Gasteiger partial charge < -0.3 is 10.6 Å². The zero-order valence-corrected chi connectivity index (χ0v) is 16.4. The summed E-state index contributed by atoms with van der Waals surface area (Å²) in [5.74, 6) is 0.372. The van der Waals surface area contributed by atoms with E-state index in [1.165, 1.54) is 0 Å². The van der Waals surface area contributed by atoms with Crippen molar-refractivity contribution in [3.8, 4) is 11.3 Å². The van der Waals surface area contributed by atoms with Crippen LogP contribution in [-0.2, 0) is 17.9 Å². The molecule has 0 radical (unpaired) electrons. The number of piperidine rings is 1. The maximum Gasteiger partial charge on any atom is 0.242 e. The highest BCUT2D eigenvalue weighted by molar-refractivity contribution is 5.85. The highest BCUT2D eigenvalue weighted by Gasteiger charge is 2.20. The molecule has 1 fully saturated rings. The molecule has 148 valence electrons. The number of carbonyl (C=O) groups excluding carboxylic acids is 1. The van der Waals surface area contributed by atoms with Crippen LogP contribution < -0.4 is 10.6 Å². The van der Waals surface area contributed by atoms with Crippen LogP contribution in [0.5, 0.6) is 0 Å². The third kappa shape index (κ3) is 4.61. The largest absolute Gasteiger partial charge is 0.350 e. The number of H-pyrrole nitrogens is 1. The van der Waals surface area contributed by atoms with E-state index in [4.69, 9.17) is 0 Å². The van der Waals surface area contributed by atoms with Crippen molar-refractivity contribution in [2.45, 2.75) is 31.8 Å². The third-order valence-corrected chi connectivity index (χ3v) is 5.01. The van der Waals surface area contributed by atoms with E-state index in [9.17, 15) is 4.79 Å². The van der Waals surface area contributed by atoms with E-state index in [0.717, 1.165) is 48.4 Å². The van der Waals surface area contributed by atoms with Gasteiger partial charge >= 0.3 is 0 Å².